The normalized spacial score (nSPS) is 12.6. The second kappa shape index (κ2) is 11.0. The van der Waals surface area contributed by atoms with Crippen molar-refractivity contribution in [2.75, 3.05) is 29.7 Å². The highest BCUT2D eigenvalue weighted by Crippen LogP contribution is 2.21. The number of amides is 1. The maximum absolute atomic E-state index is 12.8. The van der Waals surface area contributed by atoms with Crippen molar-refractivity contribution in [2.24, 2.45) is 0 Å². The smallest absolute Gasteiger partial charge is 0.342 e. The van der Waals surface area contributed by atoms with Gasteiger partial charge in [-0.15, -0.1) is 0 Å². The minimum atomic E-state index is -4.30. The minimum Gasteiger partial charge on any atom is -0.342 e. The molecule has 0 saturated carbocycles. The minimum absolute atomic E-state index is 0.326. The second-order valence-corrected chi connectivity index (χ2v) is 8.30. The topological polar surface area (TPSA) is 57.7 Å². The van der Waals surface area contributed by atoms with Gasteiger partial charge in [-0.1, -0.05) is 42.0 Å². The van der Waals surface area contributed by atoms with Gasteiger partial charge in [-0.2, -0.15) is 13.2 Å². The van der Waals surface area contributed by atoms with E-state index in [2.05, 4.69) is 0 Å². The van der Waals surface area contributed by atoms with E-state index in [0.29, 0.717) is 18.8 Å². The number of alkyl halides is 3. The van der Waals surface area contributed by atoms with Gasteiger partial charge in [-0.05, 0) is 32.9 Å². The fourth-order valence-electron chi connectivity index (χ4n) is 2.49. The van der Waals surface area contributed by atoms with Gasteiger partial charge in [0, 0.05) is 13.1 Å². The van der Waals surface area contributed by atoms with Gasteiger partial charge in [0.1, 0.15) is 6.54 Å². The molecular weight excluding hydrogens is 405 g/mol. The van der Waals surface area contributed by atoms with Crippen molar-refractivity contribution in [3.05, 3.63) is 54.1 Å². The first-order valence-electron chi connectivity index (χ1n) is 9.23. The Balaban J connectivity index is 3.01. The van der Waals surface area contributed by atoms with Crippen LogP contribution in [-0.2, 0) is 14.8 Å². The lowest BCUT2D eigenvalue weighted by Gasteiger charge is -2.27. The molecule has 0 radical (unpaired) electrons. The summed E-state index contributed by atoms with van der Waals surface area (Å²) in [5.41, 5.74) is 1.30. The third-order valence-corrected chi connectivity index (χ3v) is 5.72. The van der Waals surface area contributed by atoms with Crippen molar-refractivity contribution in [3.8, 4) is 0 Å². The Labute approximate surface area is 170 Å². The van der Waals surface area contributed by atoms with Gasteiger partial charge in [0.15, 0.2) is 0 Å². The standard InChI is InChI=1S/C20H27F3N2O3S/c1-4-24(5-2)19(26)16-25(18-12-10-17(3)11-13-18)29(27,28)15-9-7-6-8-14-20(21,22)23/h6-13H,4-5,14-16H2,1-3H3/b8-6-,9-7-. The van der Waals surface area contributed by atoms with Gasteiger partial charge in [0.05, 0.1) is 17.9 Å². The summed E-state index contributed by atoms with van der Waals surface area (Å²) < 4.78 is 63.0. The molecule has 0 unspecified atom stereocenters. The lowest BCUT2D eigenvalue weighted by molar-refractivity contribution is -0.129. The summed E-state index contributed by atoms with van der Waals surface area (Å²) in [7, 11) is -3.91. The van der Waals surface area contributed by atoms with Crippen LogP contribution in [0.4, 0.5) is 18.9 Å². The molecule has 5 nitrogen and oxygen atoms in total. The number of hydrogen-bond acceptors (Lipinski definition) is 3. The van der Waals surface area contributed by atoms with Gasteiger partial charge in [-0.25, -0.2) is 8.42 Å². The Morgan fingerprint density at radius 3 is 2.10 bits per heavy atom. The Hall–Kier alpha value is -2.29. The molecule has 0 saturated heterocycles. The van der Waals surface area contributed by atoms with E-state index in [4.69, 9.17) is 0 Å². The molecule has 0 aliphatic heterocycles. The van der Waals surface area contributed by atoms with Crippen molar-refractivity contribution in [3.63, 3.8) is 0 Å². The molecule has 0 fully saturated rings. The molecule has 0 heterocycles. The number of likely N-dealkylation sites (N-methyl/N-ethyl adjacent to an activating group) is 1. The van der Waals surface area contributed by atoms with Gasteiger partial charge in [0.2, 0.25) is 15.9 Å². The average molecular weight is 433 g/mol. The van der Waals surface area contributed by atoms with Gasteiger partial charge in [-0.3, -0.25) is 9.10 Å². The van der Waals surface area contributed by atoms with Crippen LogP contribution in [0.2, 0.25) is 0 Å². The van der Waals surface area contributed by atoms with E-state index in [-0.39, 0.29) is 12.5 Å². The van der Waals surface area contributed by atoms with Crippen LogP contribution >= 0.6 is 0 Å². The zero-order valence-corrected chi connectivity index (χ0v) is 17.6. The van der Waals surface area contributed by atoms with E-state index in [1.54, 1.807) is 24.3 Å². The zero-order chi connectivity index (χ0) is 22.1. The molecule has 162 valence electrons. The third kappa shape index (κ3) is 8.72. The largest absolute Gasteiger partial charge is 0.392 e. The van der Waals surface area contributed by atoms with Crippen molar-refractivity contribution < 1.29 is 26.4 Å². The molecule has 0 spiro atoms. The molecule has 0 aliphatic rings. The van der Waals surface area contributed by atoms with Crippen LogP contribution in [0.5, 0.6) is 0 Å². The quantitative estimate of drug-likeness (QED) is 0.524. The molecule has 1 rings (SSSR count). The zero-order valence-electron chi connectivity index (χ0n) is 16.8. The first-order chi connectivity index (χ1) is 13.5. The number of benzene rings is 1. The Kier molecular flexibility index (Phi) is 9.42. The molecule has 0 atom stereocenters. The van der Waals surface area contributed by atoms with Crippen LogP contribution in [-0.4, -0.2) is 50.8 Å². The van der Waals surface area contributed by atoms with Crippen LogP contribution in [0.15, 0.2) is 48.6 Å². The van der Waals surface area contributed by atoms with E-state index in [9.17, 15) is 26.4 Å². The molecule has 1 aromatic rings. The lowest BCUT2D eigenvalue weighted by Crippen LogP contribution is -2.43. The van der Waals surface area contributed by atoms with Crippen LogP contribution < -0.4 is 4.31 Å². The summed E-state index contributed by atoms with van der Waals surface area (Å²) in [4.78, 5) is 14.0. The molecule has 29 heavy (non-hydrogen) atoms. The molecule has 0 N–H and O–H groups in total. The number of allylic oxidation sites excluding steroid dienone is 3. The number of rotatable bonds is 10. The van der Waals surface area contributed by atoms with Crippen molar-refractivity contribution in [1.29, 1.82) is 0 Å². The highest BCUT2D eigenvalue weighted by Gasteiger charge is 2.26. The summed E-state index contributed by atoms with van der Waals surface area (Å²) in [6, 6.07) is 6.73. The molecule has 9 heteroatoms. The monoisotopic (exact) mass is 432 g/mol. The number of hydrogen-bond donors (Lipinski definition) is 0. The highest BCUT2D eigenvalue weighted by atomic mass is 32.2. The van der Waals surface area contributed by atoms with E-state index in [0.717, 1.165) is 22.0 Å². The first kappa shape index (κ1) is 24.7. The SMILES string of the molecule is CCN(CC)C(=O)CN(c1ccc(C)cc1)S(=O)(=O)C/C=C\C=C/CC(F)(F)F. The fraction of sp³-hybridized carbons (Fsp3) is 0.450. The van der Waals surface area contributed by atoms with Crippen molar-refractivity contribution in [2.45, 2.75) is 33.4 Å². The number of aryl methyl sites for hydroxylation is 1. The van der Waals surface area contributed by atoms with E-state index in [1.165, 1.54) is 17.1 Å². The predicted octanol–water partition coefficient (Wildman–Crippen LogP) is 4.06. The molecular formula is C20H27F3N2O3S. The summed E-state index contributed by atoms with van der Waals surface area (Å²) in [5, 5.41) is 0. The third-order valence-electron chi connectivity index (χ3n) is 4.09. The van der Waals surface area contributed by atoms with Crippen LogP contribution in [0.25, 0.3) is 0 Å². The lowest BCUT2D eigenvalue weighted by atomic mass is 10.2. The number of halogens is 3. The molecule has 0 aromatic heterocycles. The number of nitrogens with zero attached hydrogens (tertiary/aromatic N) is 2. The van der Waals surface area contributed by atoms with E-state index >= 15 is 0 Å². The van der Waals surface area contributed by atoms with Crippen molar-refractivity contribution >= 4 is 21.6 Å². The number of sulfonamides is 1. The Bertz CT molecular complexity index is 812. The van der Waals surface area contributed by atoms with Gasteiger partial charge in [0.25, 0.3) is 0 Å². The number of carbonyl (C=O) groups excluding carboxylic acids is 1. The molecule has 1 aromatic carbocycles. The van der Waals surface area contributed by atoms with Crippen molar-refractivity contribution in [1.82, 2.24) is 4.90 Å². The highest BCUT2D eigenvalue weighted by molar-refractivity contribution is 7.92. The van der Waals surface area contributed by atoms with Crippen LogP contribution in [0.3, 0.4) is 0 Å². The average Bonchev–Trinajstić information content (AvgIpc) is 2.63. The predicted molar refractivity (Wildman–Crippen MR) is 109 cm³/mol. The number of carbonyl (C=O) groups is 1. The summed E-state index contributed by atoms with van der Waals surface area (Å²) in [6.07, 6.45) is -0.819. The Morgan fingerprint density at radius 2 is 1.59 bits per heavy atom. The molecule has 1 amide bonds. The summed E-state index contributed by atoms with van der Waals surface area (Å²) >= 11 is 0. The van der Waals surface area contributed by atoms with E-state index in [1.807, 2.05) is 20.8 Å². The van der Waals surface area contributed by atoms with Crippen LogP contribution in [0.1, 0.15) is 25.8 Å². The maximum atomic E-state index is 12.8. The summed E-state index contributed by atoms with van der Waals surface area (Å²) in [5.74, 6) is -0.767. The molecule has 0 aliphatic carbocycles. The maximum Gasteiger partial charge on any atom is 0.392 e. The summed E-state index contributed by atoms with van der Waals surface area (Å²) in [6.45, 7) is 6.05. The van der Waals surface area contributed by atoms with E-state index < -0.39 is 28.4 Å². The number of anilines is 1. The molecule has 0 bridgehead atoms. The fourth-order valence-corrected chi connectivity index (χ4v) is 3.77. The first-order valence-corrected chi connectivity index (χ1v) is 10.8. The van der Waals surface area contributed by atoms with Crippen LogP contribution in [0, 0.1) is 6.92 Å². The van der Waals surface area contributed by atoms with Gasteiger partial charge < -0.3 is 4.90 Å². The Morgan fingerprint density at radius 1 is 1.03 bits per heavy atom. The van der Waals surface area contributed by atoms with Gasteiger partial charge >= 0.3 is 6.18 Å². The second-order valence-electron chi connectivity index (χ2n) is 6.36.